The molecule has 32 heavy (non-hydrogen) atoms. The monoisotopic (exact) mass is 446 g/mol. The third-order valence-electron chi connectivity index (χ3n) is 5.96. The molecule has 9 heteroatoms. The van der Waals surface area contributed by atoms with Crippen molar-refractivity contribution >= 4 is 17.9 Å². The molecule has 1 saturated heterocycles. The van der Waals surface area contributed by atoms with E-state index in [4.69, 9.17) is 4.74 Å². The third-order valence-corrected chi connectivity index (χ3v) is 5.96. The number of likely N-dealkylation sites (N-methyl/N-ethyl adjacent to an activating group) is 1. The molecule has 2 unspecified atom stereocenters. The molecule has 1 fully saturated rings. The van der Waals surface area contributed by atoms with Gasteiger partial charge in [0.25, 0.3) is 0 Å². The van der Waals surface area contributed by atoms with Crippen LogP contribution in [0.2, 0.25) is 0 Å². The van der Waals surface area contributed by atoms with Crippen molar-refractivity contribution in [2.75, 3.05) is 39.8 Å². The van der Waals surface area contributed by atoms with E-state index in [1.165, 1.54) is 17.0 Å². The maximum Gasteiger partial charge on any atom is 0.338 e. The number of piperazine rings is 1. The first-order valence-electron chi connectivity index (χ1n) is 11.0. The molecule has 2 atom stereocenters. The number of amides is 3. The molecule has 2 heterocycles. The molecule has 1 aromatic carbocycles. The number of rotatable bonds is 6. The number of carbonyl (C=O) groups excluding carboxylic acids is 3. The van der Waals surface area contributed by atoms with E-state index in [0.29, 0.717) is 49.4 Å². The molecule has 0 radical (unpaired) electrons. The summed E-state index contributed by atoms with van der Waals surface area (Å²) in [7, 11) is 1.60. The second kappa shape index (κ2) is 10.1. The summed E-state index contributed by atoms with van der Waals surface area (Å²) in [4.78, 5) is 43.3. The van der Waals surface area contributed by atoms with Crippen LogP contribution in [0.15, 0.2) is 35.5 Å². The molecule has 3 amide bonds. The van der Waals surface area contributed by atoms with Crippen molar-refractivity contribution in [2.45, 2.75) is 39.3 Å². The summed E-state index contributed by atoms with van der Waals surface area (Å²) in [6.07, 6.45) is 0.459. The standard InChI is InChI=1S/C23H31FN4O4/c1-5-19(29)28-11-10-27(13-15(28)3)14-18-20(22(30)32-6-2)21(25-23(31)26(18)4)16-8-7-9-17(24)12-16/h7-9,12,15,21H,5-6,10-11,13-14H2,1-4H3,(H,25,31). The summed E-state index contributed by atoms with van der Waals surface area (Å²) in [6.45, 7) is 7.89. The van der Waals surface area contributed by atoms with Crippen LogP contribution in [0.5, 0.6) is 0 Å². The van der Waals surface area contributed by atoms with Gasteiger partial charge < -0.3 is 15.0 Å². The van der Waals surface area contributed by atoms with E-state index in [1.54, 1.807) is 26.1 Å². The Labute approximate surface area is 188 Å². The van der Waals surface area contributed by atoms with Crippen LogP contribution in [0.25, 0.3) is 0 Å². The largest absolute Gasteiger partial charge is 0.463 e. The summed E-state index contributed by atoms with van der Waals surface area (Å²) >= 11 is 0. The molecular weight excluding hydrogens is 415 g/mol. The Morgan fingerprint density at radius 2 is 2.00 bits per heavy atom. The predicted octanol–water partition coefficient (Wildman–Crippen LogP) is 2.28. The fraction of sp³-hybridized carbons (Fsp3) is 0.522. The van der Waals surface area contributed by atoms with E-state index >= 15 is 0 Å². The van der Waals surface area contributed by atoms with Crippen LogP contribution in [0.1, 0.15) is 38.8 Å². The summed E-state index contributed by atoms with van der Waals surface area (Å²) in [5, 5.41) is 2.79. The van der Waals surface area contributed by atoms with Gasteiger partial charge in [0.05, 0.1) is 18.2 Å². The van der Waals surface area contributed by atoms with E-state index < -0.39 is 17.8 Å². The summed E-state index contributed by atoms with van der Waals surface area (Å²) in [5.41, 5.74) is 1.28. The zero-order valence-electron chi connectivity index (χ0n) is 19.1. The number of ether oxygens (including phenoxy) is 1. The molecular formula is C23H31FN4O4. The number of carbonyl (C=O) groups is 3. The average Bonchev–Trinajstić information content (AvgIpc) is 2.76. The third kappa shape index (κ3) is 4.93. The molecule has 0 aliphatic carbocycles. The highest BCUT2D eigenvalue weighted by Gasteiger charge is 2.38. The van der Waals surface area contributed by atoms with Gasteiger partial charge >= 0.3 is 12.0 Å². The van der Waals surface area contributed by atoms with Crippen molar-refractivity contribution < 1.29 is 23.5 Å². The van der Waals surface area contributed by atoms with Crippen LogP contribution in [0.4, 0.5) is 9.18 Å². The summed E-state index contributed by atoms with van der Waals surface area (Å²) in [5.74, 6) is -0.883. The van der Waals surface area contributed by atoms with Crippen molar-refractivity contribution in [3.63, 3.8) is 0 Å². The Morgan fingerprint density at radius 3 is 2.62 bits per heavy atom. The Bertz CT molecular complexity index is 919. The summed E-state index contributed by atoms with van der Waals surface area (Å²) in [6, 6.07) is 4.66. The Kier molecular flexibility index (Phi) is 7.50. The van der Waals surface area contributed by atoms with Gasteiger partial charge in [-0.05, 0) is 31.5 Å². The van der Waals surface area contributed by atoms with Crippen LogP contribution < -0.4 is 5.32 Å². The number of urea groups is 1. The average molecular weight is 447 g/mol. The first kappa shape index (κ1) is 23.7. The molecule has 0 aromatic heterocycles. The van der Waals surface area contributed by atoms with Gasteiger partial charge in [0.2, 0.25) is 5.91 Å². The normalized spacial score (nSPS) is 22.1. The SMILES string of the molecule is CCOC(=O)C1=C(CN2CCN(C(=O)CC)C(C)C2)N(C)C(=O)NC1c1cccc(F)c1. The number of nitrogens with zero attached hydrogens (tertiary/aromatic N) is 3. The van der Waals surface area contributed by atoms with Crippen LogP contribution in [0, 0.1) is 5.82 Å². The molecule has 2 aliphatic rings. The van der Waals surface area contributed by atoms with Gasteiger partial charge in [-0.25, -0.2) is 14.0 Å². The van der Waals surface area contributed by atoms with Crippen LogP contribution in [0.3, 0.4) is 0 Å². The molecule has 3 rings (SSSR count). The first-order valence-corrected chi connectivity index (χ1v) is 11.0. The number of hydrogen-bond donors (Lipinski definition) is 1. The van der Waals surface area contributed by atoms with Crippen LogP contribution in [-0.4, -0.2) is 78.5 Å². The molecule has 1 N–H and O–H groups in total. The van der Waals surface area contributed by atoms with E-state index in [9.17, 15) is 18.8 Å². The number of hydrogen-bond acceptors (Lipinski definition) is 5. The lowest BCUT2D eigenvalue weighted by Gasteiger charge is -2.42. The minimum absolute atomic E-state index is 0.0181. The maximum absolute atomic E-state index is 13.9. The molecule has 174 valence electrons. The van der Waals surface area contributed by atoms with E-state index in [0.717, 1.165) is 0 Å². The van der Waals surface area contributed by atoms with Gasteiger partial charge in [-0.1, -0.05) is 19.1 Å². The topological polar surface area (TPSA) is 82.2 Å². The lowest BCUT2D eigenvalue weighted by molar-refractivity contribution is -0.139. The number of halogens is 1. The Balaban J connectivity index is 1.96. The smallest absolute Gasteiger partial charge is 0.338 e. The fourth-order valence-electron chi connectivity index (χ4n) is 4.30. The van der Waals surface area contributed by atoms with Gasteiger partial charge in [0, 0.05) is 51.4 Å². The lowest BCUT2D eigenvalue weighted by Crippen LogP contribution is -2.56. The van der Waals surface area contributed by atoms with Crippen molar-refractivity contribution in [3.05, 3.63) is 46.9 Å². The highest BCUT2D eigenvalue weighted by molar-refractivity contribution is 5.95. The summed E-state index contributed by atoms with van der Waals surface area (Å²) < 4.78 is 19.2. The highest BCUT2D eigenvalue weighted by atomic mass is 19.1. The van der Waals surface area contributed by atoms with E-state index in [-0.39, 0.29) is 24.6 Å². The van der Waals surface area contributed by atoms with E-state index in [1.807, 2.05) is 18.7 Å². The predicted molar refractivity (Wildman–Crippen MR) is 117 cm³/mol. The lowest BCUT2D eigenvalue weighted by atomic mass is 9.94. The van der Waals surface area contributed by atoms with Crippen molar-refractivity contribution in [2.24, 2.45) is 0 Å². The van der Waals surface area contributed by atoms with Crippen molar-refractivity contribution in [3.8, 4) is 0 Å². The molecule has 8 nitrogen and oxygen atoms in total. The highest BCUT2D eigenvalue weighted by Crippen LogP contribution is 2.32. The van der Waals surface area contributed by atoms with Crippen molar-refractivity contribution in [1.82, 2.24) is 20.0 Å². The van der Waals surface area contributed by atoms with Gasteiger partial charge in [-0.2, -0.15) is 0 Å². The van der Waals surface area contributed by atoms with Gasteiger partial charge in [0.15, 0.2) is 0 Å². The maximum atomic E-state index is 13.9. The van der Waals surface area contributed by atoms with E-state index in [2.05, 4.69) is 10.2 Å². The van der Waals surface area contributed by atoms with Crippen LogP contribution in [-0.2, 0) is 14.3 Å². The first-order chi connectivity index (χ1) is 15.3. The van der Waals surface area contributed by atoms with Gasteiger partial charge in [-0.15, -0.1) is 0 Å². The minimum atomic E-state index is -0.816. The zero-order chi connectivity index (χ0) is 23.4. The molecule has 1 aromatic rings. The molecule has 0 saturated carbocycles. The zero-order valence-corrected chi connectivity index (χ0v) is 19.1. The second-order valence-electron chi connectivity index (χ2n) is 8.10. The quantitative estimate of drug-likeness (QED) is 0.678. The van der Waals surface area contributed by atoms with Crippen molar-refractivity contribution in [1.29, 1.82) is 0 Å². The second-order valence-corrected chi connectivity index (χ2v) is 8.10. The molecule has 0 spiro atoms. The molecule has 0 bridgehead atoms. The van der Waals surface area contributed by atoms with Gasteiger partial charge in [0.1, 0.15) is 5.82 Å². The fourth-order valence-corrected chi connectivity index (χ4v) is 4.30. The van der Waals surface area contributed by atoms with Crippen LogP contribution >= 0.6 is 0 Å². The Hall–Kier alpha value is -2.94. The minimum Gasteiger partial charge on any atom is -0.463 e. The molecule has 2 aliphatic heterocycles. The van der Waals surface area contributed by atoms with Gasteiger partial charge in [-0.3, -0.25) is 14.6 Å². The number of nitrogens with one attached hydrogen (secondary N) is 1. The number of esters is 1. The Morgan fingerprint density at radius 1 is 1.25 bits per heavy atom. The number of benzene rings is 1.